The summed E-state index contributed by atoms with van der Waals surface area (Å²) in [6.07, 6.45) is 1.22. The minimum atomic E-state index is -4.18. The van der Waals surface area contributed by atoms with Crippen molar-refractivity contribution in [1.29, 1.82) is 0 Å². The molecule has 1 amide bonds. The first kappa shape index (κ1) is 25.9. The van der Waals surface area contributed by atoms with E-state index in [4.69, 9.17) is 21.1 Å². The first-order valence-corrected chi connectivity index (χ1v) is 12.1. The number of sulfonamides is 1. The Hall–Kier alpha value is -3.76. The van der Waals surface area contributed by atoms with Crippen molar-refractivity contribution in [2.24, 2.45) is 5.10 Å². The van der Waals surface area contributed by atoms with Gasteiger partial charge in [0.2, 0.25) is 0 Å². The van der Waals surface area contributed by atoms with Crippen molar-refractivity contribution in [1.82, 2.24) is 5.43 Å². The molecule has 3 rings (SSSR count). The first-order chi connectivity index (χ1) is 16.7. The Bertz CT molecular complexity index is 1340. The summed E-state index contributed by atoms with van der Waals surface area (Å²) in [5, 5.41) is 14.2. The molecule has 0 aliphatic heterocycles. The molecule has 0 aliphatic rings. The Morgan fingerprint density at radius 2 is 1.77 bits per heavy atom. The fraction of sp³-hybridized carbons (Fsp3) is 0.167. The molecule has 0 bridgehead atoms. The number of nitrogens with one attached hydrogen (secondary N) is 1. The van der Waals surface area contributed by atoms with E-state index in [1.165, 1.54) is 44.7 Å². The van der Waals surface area contributed by atoms with E-state index < -0.39 is 22.5 Å². The fourth-order valence-corrected chi connectivity index (χ4v) is 4.73. The van der Waals surface area contributed by atoms with Crippen molar-refractivity contribution in [2.75, 3.05) is 25.1 Å². The molecule has 0 aromatic heterocycles. The van der Waals surface area contributed by atoms with Crippen LogP contribution in [-0.4, -0.2) is 46.4 Å². The second kappa shape index (κ2) is 11.1. The molecule has 0 radical (unpaired) electrons. The minimum absolute atomic E-state index is 0.0114. The van der Waals surface area contributed by atoms with E-state index >= 15 is 0 Å². The van der Waals surface area contributed by atoms with Crippen LogP contribution >= 0.6 is 11.6 Å². The average molecular weight is 518 g/mol. The summed E-state index contributed by atoms with van der Waals surface area (Å²) in [7, 11) is -1.39. The lowest BCUT2D eigenvalue weighted by atomic mass is 10.2. The van der Waals surface area contributed by atoms with Crippen LogP contribution in [0.2, 0.25) is 5.02 Å². The number of carbonyl (C=O) groups excluding carboxylic acids is 1. The fourth-order valence-electron chi connectivity index (χ4n) is 3.14. The van der Waals surface area contributed by atoms with Gasteiger partial charge in [0.15, 0.2) is 11.5 Å². The molecule has 0 saturated heterocycles. The number of para-hydroxylation sites is 1. The van der Waals surface area contributed by atoms with Crippen molar-refractivity contribution in [3.63, 3.8) is 0 Å². The van der Waals surface area contributed by atoms with E-state index in [1.54, 1.807) is 36.4 Å². The van der Waals surface area contributed by atoms with Gasteiger partial charge in [-0.25, -0.2) is 13.8 Å². The van der Waals surface area contributed by atoms with Crippen molar-refractivity contribution in [2.45, 2.75) is 11.8 Å². The summed E-state index contributed by atoms with van der Waals surface area (Å²) >= 11 is 6.13. The number of anilines is 1. The molecular formula is C24H24ClN3O6S. The van der Waals surface area contributed by atoms with E-state index in [0.29, 0.717) is 5.56 Å². The third kappa shape index (κ3) is 6.03. The highest BCUT2D eigenvalue weighted by Crippen LogP contribution is 2.35. The number of halogens is 1. The van der Waals surface area contributed by atoms with Crippen LogP contribution in [0.25, 0.3) is 0 Å². The van der Waals surface area contributed by atoms with E-state index in [2.05, 4.69) is 10.5 Å². The van der Waals surface area contributed by atoms with Gasteiger partial charge in [-0.2, -0.15) is 5.10 Å². The summed E-state index contributed by atoms with van der Waals surface area (Å²) in [5.41, 5.74) is 3.54. The van der Waals surface area contributed by atoms with Crippen LogP contribution in [0.1, 0.15) is 11.1 Å². The summed E-state index contributed by atoms with van der Waals surface area (Å²) < 4.78 is 38.3. The number of methoxy groups -OCH3 is 2. The Morgan fingerprint density at radius 3 is 2.43 bits per heavy atom. The number of benzene rings is 3. The van der Waals surface area contributed by atoms with Gasteiger partial charge in [-0.3, -0.25) is 9.10 Å². The number of rotatable bonds is 9. The van der Waals surface area contributed by atoms with Crippen molar-refractivity contribution in [3.8, 4) is 17.2 Å². The van der Waals surface area contributed by atoms with Gasteiger partial charge < -0.3 is 14.6 Å². The number of hydrazone groups is 1. The average Bonchev–Trinajstić information content (AvgIpc) is 2.83. The monoisotopic (exact) mass is 517 g/mol. The maximum atomic E-state index is 13.5. The lowest BCUT2D eigenvalue weighted by Crippen LogP contribution is -2.39. The molecule has 9 nitrogen and oxygen atoms in total. The van der Waals surface area contributed by atoms with Crippen LogP contribution in [0.5, 0.6) is 17.2 Å². The summed E-state index contributed by atoms with van der Waals surface area (Å²) in [4.78, 5) is 12.7. The predicted molar refractivity (Wildman–Crippen MR) is 134 cm³/mol. The number of aryl methyl sites for hydroxylation is 1. The number of amides is 1. The summed E-state index contributed by atoms with van der Waals surface area (Å²) in [5.74, 6) is -0.437. The number of hydrogen-bond donors (Lipinski definition) is 2. The largest absolute Gasteiger partial charge is 0.504 e. The minimum Gasteiger partial charge on any atom is -0.504 e. The van der Waals surface area contributed by atoms with Gasteiger partial charge >= 0.3 is 0 Å². The number of phenolic OH excluding ortho intramolecular Hbond substituents is 1. The number of ether oxygens (including phenoxy) is 2. The number of phenols is 1. The zero-order valence-electron chi connectivity index (χ0n) is 19.2. The Kier molecular flexibility index (Phi) is 8.21. The Morgan fingerprint density at radius 1 is 1.09 bits per heavy atom. The molecule has 0 spiro atoms. The van der Waals surface area contributed by atoms with Crippen molar-refractivity contribution >= 4 is 39.4 Å². The number of carbonyl (C=O) groups is 1. The van der Waals surface area contributed by atoms with Crippen LogP contribution in [0, 0.1) is 6.92 Å². The number of hydrogen-bond acceptors (Lipinski definition) is 7. The van der Waals surface area contributed by atoms with E-state index in [9.17, 15) is 18.3 Å². The second-order valence-electron chi connectivity index (χ2n) is 7.33. The summed E-state index contributed by atoms with van der Waals surface area (Å²) in [6.45, 7) is 1.22. The first-order valence-electron chi connectivity index (χ1n) is 10.3. The Labute approximate surface area is 208 Å². The van der Waals surface area contributed by atoms with E-state index in [1.807, 2.05) is 6.92 Å². The quantitative estimate of drug-likeness (QED) is 0.330. The molecule has 0 unspecified atom stereocenters. The van der Waals surface area contributed by atoms with Gasteiger partial charge in [0, 0.05) is 10.6 Å². The van der Waals surface area contributed by atoms with Gasteiger partial charge in [-0.05, 0) is 49.4 Å². The van der Waals surface area contributed by atoms with Crippen LogP contribution < -0.4 is 19.2 Å². The highest BCUT2D eigenvalue weighted by atomic mass is 35.5. The van der Waals surface area contributed by atoms with Gasteiger partial charge in [-0.1, -0.05) is 35.4 Å². The second-order valence-corrected chi connectivity index (χ2v) is 9.63. The molecule has 0 atom stereocenters. The molecule has 2 N–H and O–H groups in total. The third-order valence-corrected chi connectivity index (χ3v) is 6.96. The van der Waals surface area contributed by atoms with Crippen molar-refractivity contribution in [3.05, 3.63) is 76.8 Å². The molecule has 0 saturated carbocycles. The predicted octanol–water partition coefficient (Wildman–Crippen LogP) is 3.72. The lowest BCUT2D eigenvalue weighted by molar-refractivity contribution is -0.119. The molecule has 0 aliphatic carbocycles. The van der Waals surface area contributed by atoms with Crippen LogP contribution in [0.4, 0.5) is 5.69 Å². The van der Waals surface area contributed by atoms with Crippen LogP contribution in [0.3, 0.4) is 0 Å². The molecule has 184 valence electrons. The van der Waals surface area contributed by atoms with E-state index in [-0.39, 0.29) is 32.9 Å². The third-order valence-electron chi connectivity index (χ3n) is 4.95. The van der Waals surface area contributed by atoms with E-state index in [0.717, 1.165) is 9.87 Å². The molecule has 3 aromatic rings. The van der Waals surface area contributed by atoms with Crippen molar-refractivity contribution < 1.29 is 27.8 Å². The maximum Gasteiger partial charge on any atom is 0.264 e. The van der Waals surface area contributed by atoms with Crippen LogP contribution in [0.15, 0.2) is 70.7 Å². The normalized spacial score (nSPS) is 11.3. The highest BCUT2D eigenvalue weighted by Gasteiger charge is 2.29. The standard InChI is InChI=1S/C24H24ClN3O6S/c1-16-7-10-19(11-8-16)35(31,32)28(20-13-18(25)9-12-21(20)33-2)15-23(29)27-26-14-17-5-4-6-22(34-3)24(17)30/h4-14,30H,15H2,1-3H3,(H,27,29)/b26-14-. The number of nitrogens with zero attached hydrogens (tertiary/aromatic N) is 2. The molecule has 35 heavy (non-hydrogen) atoms. The molecule has 0 heterocycles. The summed E-state index contributed by atoms with van der Waals surface area (Å²) in [6, 6.07) is 15.5. The van der Waals surface area contributed by atoms with Gasteiger partial charge in [-0.15, -0.1) is 0 Å². The van der Waals surface area contributed by atoms with Crippen LogP contribution in [-0.2, 0) is 14.8 Å². The molecule has 11 heteroatoms. The van der Waals surface area contributed by atoms with Gasteiger partial charge in [0.25, 0.3) is 15.9 Å². The highest BCUT2D eigenvalue weighted by molar-refractivity contribution is 7.92. The number of aromatic hydroxyl groups is 1. The van der Waals surface area contributed by atoms with Gasteiger partial charge in [0.1, 0.15) is 12.3 Å². The zero-order chi connectivity index (χ0) is 25.6. The molecule has 0 fully saturated rings. The smallest absolute Gasteiger partial charge is 0.264 e. The molecule has 3 aromatic carbocycles. The maximum absolute atomic E-state index is 13.5. The lowest BCUT2D eigenvalue weighted by Gasteiger charge is -2.25. The topological polar surface area (TPSA) is 118 Å². The zero-order valence-corrected chi connectivity index (χ0v) is 20.8. The SMILES string of the molecule is COc1ccc(Cl)cc1N(CC(=O)N/N=C\c1cccc(OC)c1O)S(=O)(=O)c1ccc(C)cc1. The Balaban J connectivity index is 1.92. The molecular weight excluding hydrogens is 494 g/mol. The van der Waals surface area contributed by atoms with Gasteiger partial charge in [0.05, 0.1) is 31.0 Å².